The largest absolute Gasteiger partial charge is 0.451 e. The Bertz CT molecular complexity index is 1140. The maximum Gasteiger partial charge on any atom is 0.292 e. The van der Waals surface area contributed by atoms with Gasteiger partial charge in [0.1, 0.15) is 10.6 Å². The number of hydrogen-bond donors (Lipinski definition) is 2. The number of amides is 2. The zero-order chi connectivity index (χ0) is 19.1. The average molecular weight is 382 g/mol. The molecule has 138 valence electrons. The van der Waals surface area contributed by atoms with Gasteiger partial charge < -0.3 is 15.5 Å². The number of hydrogen-bond acceptors (Lipinski definition) is 5. The summed E-state index contributed by atoms with van der Waals surface area (Å²) < 4.78 is 5.61. The van der Waals surface area contributed by atoms with Gasteiger partial charge in [0, 0.05) is 10.9 Å². The lowest BCUT2D eigenvalue weighted by atomic mass is 9.95. The Hall–Kier alpha value is -2.93. The number of benzene rings is 1. The van der Waals surface area contributed by atoms with Crippen LogP contribution >= 0.6 is 11.3 Å². The summed E-state index contributed by atoms with van der Waals surface area (Å²) in [6.45, 7) is 1.88. The van der Waals surface area contributed by atoms with Gasteiger partial charge in [-0.25, -0.2) is 0 Å². The van der Waals surface area contributed by atoms with E-state index < -0.39 is 11.8 Å². The quantitative estimate of drug-likeness (QED) is 0.725. The molecule has 6 nitrogen and oxygen atoms in total. The molecule has 0 radical (unpaired) electrons. The lowest BCUT2D eigenvalue weighted by Crippen LogP contribution is -2.19. The van der Waals surface area contributed by atoms with Gasteiger partial charge >= 0.3 is 0 Å². The van der Waals surface area contributed by atoms with Crippen LogP contribution in [0.3, 0.4) is 0 Å². The summed E-state index contributed by atoms with van der Waals surface area (Å²) in [7, 11) is 0. The Morgan fingerprint density at radius 1 is 1.19 bits per heavy atom. The molecule has 0 saturated heterocycles. The van der Waals surface area contributed by atoms with Crippen LogP contribution in [0, 0.1) is 6.92 Å². The third kappa shape index (κ3) is 3.14. The molecule has 0 atom stereocenters. The molecule has 3 N–H and O–H groups in total. The predicted octanol–water partition coefficient (Wildman–Crippen LogP) is 3.39. The molecule has 0 bridgehead atoms. The molecule has 1 aliphatic carbocycles. The van der Waals surface area contributed by atoms with Crippen molar-refractivity contribution in [1.82, 2.24) is 0 Å². The predicted molar refractivity (Wildman–Crippen MR) is 105 cm³/mol. The number of primary amides is 1. The number of fused-ring (bicyclic) bond motifs is 2. The van der Waals surface area contributed by atoms with Crippen molar-refractivity contribution in [3.05, 3.63) is 61.8 Å². The van der Waals surface area contributed by atoms with Crippen LogP contribution in [0.2, 0.25) is 0 Å². The van der Waals surface area contributed by atoms with Gasteiger partial charge in [-0.15, -0.1) is 11.3 Å². The van der Waals surface area contributed by atoms with Crippen molar-refractivity contribution in [3.63, 3.8) is 0 Å². The molecule has 0 spiro atoms. The highest BCUT2D eigenvalue weighted by atomic mass is 32.1. The second kappa shape index (κ2) is 6.66. The fourth-order valence-electron chi connectivity index (χ4n) is 3.46. The molecule has 27 heavy (non-hydrogen) atoms. The van der Waals surface area contributed by atoms with Crippen LogP contribution in [0.25, 0.3) is 11.0 Å². The van der Waals surface area contributed by atoms with Crippen molar-refractivity contribution < 1.29 is 14.0 Å². The first-order valence-electron chi connectivity index (χ1n) is 8.74. The number of carbonyl (C=O) groups is 2. The van der Waals surface area contributed by atoms with Gasteiger partial charge in [0.2, 0.25) is 0 Å². The Labute approximate surface area is 159 Å². The summed E-state index contributed by atoms with van der Waals surface area (Å²) in [4.78, 5) is 38.0. The molecule has 0 saturated carbocycles. The number of carbonyl (C=O) groups excluding carboxylic acids is 2. The van der Waals surface area contributed by atoms with E-state index in [1.165, 1.54) is 17.4 Å². The lowest BCUT2D eigenvalue weighted by molar-refractivity contribution is 0.0997. The van der Waals surface area contributed by atoms with Crippen LogP contribution in [0.1, 0.15) is 49.8 Å². The molecular weight excluding hydrogens is 364 g/mol. The van der Waals surface area contributed by atoms with Gasteiger partial charge in [0.15, 0.2) is 11.2 Å². The summed E-state index contributed by atoms with van der Waals surface area (Å²) in [5.41, 5.74) is 7.86. The van der Waals surface area contributed by atoms with Crippen molar-refractivity contribution >= 4 is 39.1 Å². The van der Waals surface area contributed by atoms with Crippen LogP contribution in [0.5, 0.6) is 0 Å². The van der Waals surface area contributed by atoms with Crippen molar-refractivity contribution in [2.24, 2.45) is 5.73 Å². The van der Waals surface area contributed by atoms with Crippen molar-refractivity contribution in [2.45, 2.75) is 32.6 Å². The van der Waals surface area contributed by atoms with Crippen molar-refractivity contribution in [1.29, 1.82) is 0 Å². The van der Waals surface area contributed by atoms with Crippen LogP contribution in [0.4, 0.5) is 5.00 Å². The number of nitrogens with two attached hydrogens (primary N) is 1. The molecule has 1 aromatic carbocycles. The molecule has 2 amide bonds. The normalized spacial score (nSPS) is 13.4. The maximum atomic E-state index is 12.7. The van der Waals surface area contributed by atoms with E-state index in [0.29, 0.717) is 21.5 Å². The third-order valence-electron chi connectivity index (χ3n) is 4.75. The maximum absolute atomic E-state index is 12.7. The summed E-state index contributed by atoms with van der Waals surface area (Å²) in [6, 6.07) is 6.38. The molecule has 1 aliphatic rings. The van der Waals surface area contributed by atoms with Crippen LogP contribution in [-0.2, 0) is 12.8 Å². The first-order chi connectivity index (χ1) is 12.9. The lowest BCUT2D eigenvalue weighted by Gasteiger charge is -2.11. The standard InChI is InChI=1S/C20H18N2O4S/c1-10-6-7-14-12(8-10)13(23)9-15(26-14)19(25)22-20-17(18(21)24)11-4-2-3-5-16(11)27-20/h6-9H,2-5H2,1H3,(H2,21,24)(H,22,25). The van der Waals surface area contributed by atoms with Crippen molar-refractivity contribution in [2.75, 3.05) is 5.32 Å². The topological polar surface area (TPSA) is 102 Å². The van der Waals surface area contributed by atoms with E-state index in [4.69, 9.17) is 10.2 Å². The van der Waals surface area contributed by atoms with Gasteiger partial charge in [-0.3, -0.25) is 14.4 Å². The van der Waals surface area contributed by atoms with E-state index in [1.807, 2.05) is 13.0 Å². The van der Waals surface area contributed by atoms with Crippen LogP contribution in [0.15, 0.2) is 33.5 Å². The zero-order valence-corrected chi connectivity index (χ0v) is 15.6. The second-order valence-electron chi connectivity index (χ2n) is 6.71. The smallest absolute Gasteiger partial charge is 0.292 e. The highest BCUT2D eigenvalue weighted by Crippen LogP contribution is 2.38. The number of anilines is 1. The highest BCUT2D eigenvalue weighted by Gasteiger charge is 2.25. The number of aryl methyl sites for hydroxylation is 2. The molecule has 3 aromatic rings. The molecule has 7 heteroatoms. The van der Waals surface area contributed by atoms with Crippen LogP contribution < -0.4 is 16.5 Å². The van der Waals surface area contributed by atoms with Crippen LogP contribution in [-0.4, -0.2) is 11.8 Å². The Morgan fingerprint density at radius 2 is 1.96 bits per heavy atom. The monoisotopic (exact) mass is 382 g/mol. The summed E-state index contributed by atoms with van der Waals surface area (Å²) in [6.07, 6.45) is 3.71. The van der Waals surface area contributed by atoms with E-state index in [1.54, 1.807) is 12.1 Å². The molecule has 4 rings (SSSR count). The minimum absolute atomic E-state index is 0.0989. The van der Waals surface area contributed by atoms with Gasteiger partial charge in [-0.1, -0.05) is 11.6 Å². The summed E-state index contributed by atoms with van der Waals surface area (Å²) in [5, 5.41) is 3.56. The minimum Gasteiger partial charge on any atom is -0.451 e. The molecule has 0 unspecified atom stereocenters. The molecule has 2 heterocycles. The Kier molecular flexibility index (Phi) is 4.31. The zero-order valence-electron chi connectivity index (χ0n) is 14.8. The fraction of sp³-hybridized carbons (Fsp3) is 0.250. The number of rotatable bonds is 3. The van der Waals surface area contributed by atoms with Gasteiger partial charge in [-0.05, 0) is 50.3 Å². The van der Waals surface area contributed by atoms with Gasteiger partial charge in [-0.2, -0.15) is 0 Å². The molecular formula is C20H18N2O4S. The fourth-order valence-corrected chi connectivity index (χ4v) is 4.75. The first kappa shape index (κ1) is 17.5. The van der Waals surface area contributed by atoms with Crippen molar-refractivity contribution in [3.8, 4) is 0 Å². The molecule has 2 aromatic heterocycles. The van der Waals surface area contributed by atoms with E-state index in [0.717, 1.165) is 41.7 Å². The molecule has 0 aliphatic heterocycles. The molecule has 0 fully saturated rings. The minimum atomic E-state index is -0.573. The highest BCUT2D eigenvalue weighted by molar-refractivity contribution is 7.17. The average Bonchev–Trinajstić information content (AvgIpc) is 3.00. The number of thiophene rings is 1. The van der Waals surface area contributed by atoms with E-state index in [9.17, 15) is 14.4 Å². The Morgan fingerprint density at radius 3 is 2.74 bits per heavy atom. The first-order valence-corrected chi connectivity index (χ1v) is 9.56. The van der Waals surface area contributed by atoms with E-state index in [2.05, 4.69) is 5.32 Å². The second-order valence-corrected chi connectivity index (χ2v) is 7.81. The summed E-state index contributed by atoms with van der Waals surface area (Å²) >= 11 is 1.37. The van der Waals surface area contributed by atoms with E-state index in [-0.39, 0.29) is 11.2 Å². The van der Waals surface area contributed by atoms with Gasteiger partial charge in [0.25, 0.3) is 11.8 Å². The SMILES string of the molecule is Cc1ccc2oc(C(=O)Nc3sc4c(c3C(N)=O)CCCC4)cc(=O)c2c1. The van der Waals surface area contributed by atoms with Gasteiger partial charge in [0.05, 0.1) is 10.9 Å². The van der Waals surface area contributed by atoms with E-state index >= 15 is 0 Å². The third-order valence-corrected chi connectivity index (χ3v) is 5.96. The Balaban J connectivity index is 1.72. The summed E-state index contributed by atoms with van der Waals surface area (Å²) in [5.74, 6) is -1.23. The number of nitrogens with one attached hydrogen (secondary N) is 1.